The number of nitrogens with zero attached hydrogens (tertiary/aromatic N) is 2. The zero-order chi connectivity index (χ0) is 23.6. The van der Waals surface area contributed by atoms with Crippen molar-refractivity contribution >= 4 is 33.2 Å². The van der Waals surface area contributed by atoms with E-state index in [1.54, 1.807) is 13.8 Å². The lowest BCUT2D eigenvalue weighted by atomic mass is 9.99. The molecular formula is C22H30N4O5S2. The van der Waals surface area contributed by atoms with Gasteiger partial charge in [-0.3, -0.25) is 20.4 Å². The molecular weight excluding hydrogens is 464 g/mol. The Morgan fingerprint density at radius 3 is 2.61 bits per heavy atom. The molecule has 2 amide bonds. The van der Waals surface area contributed by atoms with Crippen molar-refractivity contribution in [2.45, 2.75) is 70.1 Å². The fourth-order valence-corrected chi connectivity index (χ4v) is 7.55. The molecule has 2 aromatic rings. The fourth-order valence-electron chi connectivity index (χ4n) is 4.58. The normalized spacial score (nSPS) is 19.9. The van der Waals surface area contributed by atoms with Crippen molar-refractivity contribution in [2.75, 3.05) is 13.1 Å². The highest BCUT2D eigenvalue weighted by molar-refractivity contribution is 7.89. The van der Waals surface area contributed by atoms with Crippen molar-refractivity contribution < 1.29 is 22.5 Å². The van der Waals surface area contributed by atoms with E-state index in [4.69, 9.17) is 4.52 Å². The maximum Gasteiger partial charge on any atom is 0.279 e. The summed E-state index contributed by atoms with van der Waals surface area (Å²) in [6, 6.07) is 1.94. The number of nitrogens with one attached hydrogen (secondary N) is 2. The van der Waals surface area contributed by atoms with E-state index >= 15 is 0 Å². The number of hydrogen-bond donors (Lipinski definition) is 2. The molecule has 4 rings (SSSR count). The summed E-state index contributed by atoms with van der Waals surface area (Å²) in [6.07, 6.45) is 7.79. The van der Waals surface area contributed by atoms with Crippen molar-refractivity contribution in [2.24, 2.45) is 5.92 Å². The Bertz CT molecular complexity index is 1090. The third-order valence-corrected chi connectivity index (χ3v) is 9.69. The summed E-state index contributed by atoms with van der Waals surface area (Å²) < 4.78 is 32.5. The van der Waals surface area contributed by atoms with E-state index in [-0.39, 0.29) is 23.1 Å². The van der Waals surface area contributed by atoms with Gasteiger partial charge in [0, 0.05) is 18.0 Å². The van der Waals surface area contributed by atoms with Crippen LogP contribution in [0.1, 0.15) is 70.1 Å². The van der Waals surface area contributed by atoms with Gasteiger partial charge in [0.25, 0.3) is 5.91 Å². The number of amides is 2. The molecule has 1 atom stereocenters. The van der Waals surface area contributed by atoms with Crippen LogP contribution in [-0.2, 0) is 27.7 Å². The zero-order valence-corrected chi connectivity index (χ0v) is 20.6. The molecule has 0 bridgehead atoms. The highest BCUT2D eigenvalue weighted by Gasteiger charge is 2.36. The molecule has 180 valence electrons. The quantitative estimate of drug-likeness (QED) is 0.631. The minimum absolute atomic E-state index is 0.0431. The first-order valence-electron chi connectivity index (χ1n) is 11.4. The number of fused-ring (bicyclic) bond motifs is 1. The molecule has 2 aromatic heterocycles. The van der Waals surface area contributed by atoms with Crippen LogP contribution in [0.2, 0.25) is 0 Å². The molecule has 9 nitrogen and oxygen atoms in total. The third kappa shape index (κ3) is 5.15. The van der Waals surface area contributed by atoms with Gasteiger partial charge in [-0.2, -0.15) is 4.31 Å². The van der Waals surface area contributed by atoms with E-state index in [1.807, 2.05) is 6.07 Å². The summed E-state index contributed by atoms with van der Waals surface area (Å²) in [5.41, 5.74) is 6.56. The number of aromatic nitrogens is 1. The van der Waals surface area contributed by atoms with Gasteiger partial charge in [-0.1, -0.05) is 18.0 Å². The Labute approximate surface area is 197 Å². The number of hydrazine groups is 1. The van der Waals surface area contributed by atoms with Crippen molar-refractivity contribution in [3.8, 4) is 0 Å². The topological polar surface area (TPSA) is 122 Å². The Kier molecular flexibility index (Phi) is 7.20. The second-order valence-corrected chi connectivity index (χ2v) is 11.8. The van der Waals surface area contributed by atoms with Crippen LogP contribution in [0.5, 0.6) is 0 Å². The summed E-state index contributed by atoms with van der Waals surface area (Å²) in [5.74, 6) is -1.05. The second kappa shape index (κ2) is 9.94. The zero-order valence-electron chi connectivity index (χ0n) is 19.0. The van der Waals surface area contributed by atoms with Gasteiger partial charge in [0.1, 0.15) is 10.6 Å². The molecule has 1 unspecified atom stereocenters. The maximum absolute atomic E-state index is 13.1. The maximum atomic E-state index is 13.1. The number of piperidine rings is 1. The van der Waals surface area contributed by atoms with E-state index in [2.05, 4.69) is 16.0 Å². The number of carbonyl (C=O) groups excluding carboxylic acids is 2. The Morgan fingerprint density at radius 2 is 1.88 bits per heavy atom. The van der Waals surface area contributed by atoms with Crippen LogP contribution in [0, 0.1) is 19.8 Å². The van der Waals surface area contributed by atoms with Crippen LogP contribution >= 0.6 is 11.3 Å². The van der Waals surface area contributed by atoms with Crippen molar-refractivity contribution in [3.63, 3.8) is 0 Å². The molecule has 0 radical (unpaired) electrons. The van der Waals surface area contributed by atoms with Crippen LogP contribution in [0.25, 0.3) is 0 Å². The molecule has 0 aromatic carbocycles. The van der Waals surface area contributed by atoms with E-state index in [1.165, 1.54) is 38.9 Å². The van der Waals surface area contributed by atoms with E-state index < -0.39 is 21.8 Å². The summed E-state index contributed by atoms with van der Waals surface area (Å²) in [6.45, 7) is 3.51. The molecule has 0 spiro atoms. The summed E-state index contributed by atoms with van der Waals surface area (Å²) in [5, 5.41) is 3.74. The van der Waals surface area contributed by atoms with E-state index in [0.717, 1.165) is 25.7 Å². The highest BCUT2D eigenvalue weighted by Crippen LogP contribution is 2.29. The first-order chi connectivity index (χ1) is 15.8. The van der Waals surface area contributed by atoms with E-state index in [0.29, 0.717) is 30.0 Å². The number of thiophene rings is 1. The molecule has 33 heavy (non-hydrogen) atoms. The molecule has 2 aliphatic rings. The van der Waals surface area contributed by atoms with Crippen molar-refractivity contribution in [3.05, 3.63) is 32.8 Å². The minimum Gasteiger partial charge on any atom is -0.360 e. The molecule has 3 heterocycles. The van der Waals surface area contributed by atoms with Gasteiger partial charge in [-0.05, 0) is 64.0 Å². The van der Waals surface area contributed by atoms with Crippen LogP contribution in [0.3, 0.4) is 0 Å². The predicted octanol–water partition coefficient (Wildman–Crippen LogP) is 2.87. The van der Waals surface area contributed by atoms with Gasteiger partial charge in [0.05, 0.1) is 10.8 Å². The van der Waals surface area contributed by atoms with Gasteiger partial charge in [0.15, 0.2) is 5.76 Å². The lowest BCUT2D eigenvalue weighted by Gasteiger charge is -2.31. The lowest BCUT2D eigenvalue weighted by Crippen LogP contribution is -2.50. The van der Waals surface area contributed by atoms with Crippen LogP contribution in [0.4, 0.5) is 0 Å². The average molecular weight is 495 g/mol. The molecule has 2 N–H and O–H groups in total. The van der Waals surface area contributed by atoms with Crippen molar-refractivity contribution in [1.82, 2.24) is 20.3 Å². The Balaban J connectivity index is 1.37. The summed E-state index contributed by atoms with van der Waals surface area (Å²) in [4.78, 5) is 27.3. The van der Waals surface area contributed by atoms with Crippen LogP contribution in [-0.4, -0.2) is 42.8 Å². The van der Waals surface area contributed by atoms with Gasteiger partial charge < -0.3 is 4.52 Å². The van der Waals surface area contributed by atoms with Gasteiger partial charge in [-0.25, -0.2) is 8.42 Å². The first kappa shape index (κ1) is 23.9. The Morgan fingerprint density at radius 1 is 1.12 bits per heavy atom. The summed E-state index contributed by atoms with van der Waals surface area (Å²) in [7, 11) is -3.82. The van der Waals surface area contributed by atoms with E-state index in [9.17, 15) is 18.0 Å². The average Bonchev–Trinajstić information content (AvgIpc) is 3.34. The molecule has 0 saturated carbocycles. The number of carbonyl (C=O) groups is 2. The molecule has 11 heteroatoms. The summed E-state index contributed by atoms with van der Waals surface area (Å²) >= 11 is 1.49. The number of aryl methyl sites for hydroxylation is 4. The van der Waals surface area contributed by atoms with Gasteiger partial charge in [0.2, 0.25) is 15.9 Å². The standard InChI is InChI=1S/C22H30N4O5S2/c1-14-20(15(2)31-25-14)33(29,30)26-11-7-9-17(13-26)21(27)23-24-22(28)19-12-16-8-5-3-4-6-10-18(16)32-19/h12,17H,3-11,13H2,1-2H3,(H,23,27)(H,24,28). The lowest BCUT2D eigenvalue weighted by molar-refractivity contribution is -0.126. The van der Waals surface area contributed by atoms with Gasteiger partial charge in [-0.15, -0.1) is 11.3 Å². The third-order valence-electron chi connectivity index (χ3n) is 6.34. The molecule has 1 fully saturated rings. The molecule has 1 saturated heterocycles. The Hall–Kier alpha value is -2.24. The fraction of sp³-hybridized carbons (Fsp3) is 0.591. The number of rotatable bonds is 4. The highest BCUT2D eigenvalue weighted by atomic mass is 32.2. The molecule has 1 aliphatic heterocycles. The monoisotopic (exact) mass is 494 g/mol. The first-order valence-corrected chi connectivity index (χ1v) is 13.7. The number of hydrogen-bond acceptors (Lipinski definition) is 7. The minimum atomic E-state index is -3.82. The van der Waals surface area contributed by atoms with Crippen LogP contribution < -0.4 is 10.9 Å². The van der Waals surface area contributed by atoms with Gasteiger partial charge >= 0.3 is 0 Å². The second-order valence-electron chi connectivity index (χ2n) is 8.77. The predicted molar refractivity (Wildman–Crippen MR) is 123 cm³/mol. The largest absolute Gasteiger partial charge is 0.360 e. The molecule has 1 aliphatic carbocycles. The van der Waals surface area contributed by atoms with Crippen LogP contribution in [0.15, 0.2) is 15.5 Å². The van der Waals surface area contributed by atoms with Crippen molar-refractivity contribution in [1.29, 1.82) is 0 Å². The number of sulfonamides is 1. The smallest absolute Gasteiger partial charge is 0.279 e. The SMILES string of the molecule is Cc1noc(C)c1S(=O)(=O)N1CCCC(C(=O)NNC(=O)c2cc3c(s2)CCCCCC3)C1.